The summed E-state index contributed by atoms with van der Waals surface area (Å²) in [7, 11) is 0. The number of oxime groups is 1. The van der Waals surface area contributed by atoms with Gasteiger partial charge in [0.25, 0.3) is 0 Å². The van der Waals surface area contributed by atoms with Gasteiger partial charge in [-0.05, 0) is 31.2 Å². The van der Waals surface area contributed by atoms with E-state index < -0.39 is 0 Å². The maximum absolute atomic E-state index is 5.37. The second-order valence-corrected chi connectivity index (χ2v) is 4.65. The van der Waals surface area contributed by atoms with Crippen LogP contribution in [0.2, 0.25) is 0 Å². The van der Waals surface area contributed by atoms with Crippen LogP contribution in [0.15, 0.2) is 29.4 Å². The fourth-order valence-electron chi connectivity index (χ4n) is 2.22. The number of aryl methyl sites for hydroxylation is 1. The van der Waals surface area contributed by atoms with Crippen molar-refractivity contribution in [3.05, 3.63) is 35.4 Å². The Labute approximate surface area is 101 Å². The fraction of sp³-hybridized carbons (Fsp3) is 0.500. The maximum Gasteiger partial charge on any atom is 0.145 e. The van der Waals surface area contributed by atoms with Gasteiger partial charge in [0.2, 0.25) is 0 Å². The van der Waals surface area contributed by atoms with Gasteiger partial charge in [-0.25, -0.2) is 0 Å². The van der Waals surface area contributed by atoms with E-state index in [1.807, 2.05) is 0 Å². The first kappa shape index (κ1) is 10.8. The molecule has 2 aliphatic rings. The average molecular weight is 231 g/mol. The summed E-state index contributed by atoms with van der Waals surface area (Å²) in [6.45, 7) is 1.41. The zero-order valence-corrected chi connectivity index (χ0v) is 9.89. The van der Waals surface area contributed by atoms with Crippen LogP contribution < -0.4 is 0 Å². The summed E-state index contributed by atoms with van der Waals surface area (Å²) in [5.74, 6) is 0. The summed E-state index contributed by atoms with van der Waals surface area (Å²) in [6.07, 6.45) is 4.88. The van der Waals surface area contributed by atoms with Gasteiger partial charge in [-0.3, -0.25) is 0 Å². The Balaban J connectivity index is 1.77. The highest BCUT2D eigenvalue weighted by Crippen LogP contribution is 2.21. The van der Waals surface area contributed by atoms with E-state index in [0.29, 0.717) is 6.61 Å². The topological polar surface area (TPSA) is 34.1 Å². The molecule has 0 N–H and O–H groups in total. The molecule has 3 rings (SSSR count). The Morgan fingerprint density at radius 2 is 2.06 bits per heavy atom. The van der Waals surface area contributed by atoms with Crippen LogP contribution >= 0.6 is 0 Å². The summed E-state index contributed by atoms with van der Waals surface area (Å²) >= 11 is 0. The van der Waals surface area contributed by atoms with Crippen molar-refractivity contribution in [1.82, 2.24) is 0 Å². The monoisotopic (exact) mass is 231 g/mol. The minimum absolute atomic E-state index is 0.278. The minimum atomic E-state index is 0.278. The van der Waals surface area contributed by atoms with E-state index in [1.165, 1.54) is 24.0 Å². The van der Waals surface area contributed by atoms with Crippen LogP contribution in [0.25, 0.3) is 0 Å². The molecule has 1 aromatic carbocycles. The number of nitrogens with zero attached hydrogens (tertiary/aromatic N) is 1. The summed E-state index contributed by atoms with van der Waals surface area (Å²) < 4.78 is 5.10. The van der Waals surface area contributed by atoms with Crippen LogP contribution in [0.5, 0.6) is 0 Å². The van der Waals surface area contributed by atoms with Crippen molar-refractivity contribution >= 4 is 5.71 Å². The number of rotatable bonds is 3. The van der Waals surface area contributed by atoms with E-state index in [0.717, 1.165) is 25.2 Å². The van der Waals surface area contributed by atoms with Gasteiger partial charge in [-0.2, -0.15) is 0 Å². The first-order valence-electron chi connectivity index (χ1n) is 6.32. The van der Waals surface area contributed by atoms with E-state index in [9.17, 15) is 0 Å². The van der Waals surface area contributed by atoms with Crippen molar-refractivity contribution in [2.45, 2.75) is 31.8 Å². The van der Waals surface area contributed by atoms with Crippen LogP contribution in [0.1, 0.15) is 30.4 Å². The molecular formula is C14H17NO2. The standard InChI is InChI=1S/C14H17NO2/c1-3-7-13-11(5-1)6-2-4-8-14(13)15-17-10-12-9-16-12/h1,3,5,7,12H,2,4,6,8-10H2/b15-14-. The third-order valence-corrected chi connectivity index (χ3v) is 3.28. The number of fused-ring (bicyclic) bond motifs is 1. The number of benzene rings is 1. The smallest absolute Gasteiger partial charge is 0.145 e. The van der Waals surface area contributed by atoms with E-state index in [2.05, 4.69) is 29.4 Å². The molecule has 3 heteroatoms. The first-order chi connectivity index (χ1) is 8.43. The molecule has 17 heavy (non-hydrogen) atoms. The lowest BCUT2D eigenvalue weighted by molar-refractivity contribution is 0.124. The molecule has 0 radical (unpaired) electrons. The SMILES string of the molecule is c1ccc2c(c1)CCCC/C2=N/OCC1CO1. The molecule has 1 atom stereocenters. The van der Waals surface area contributed by atoms with Crippen LogP contribution in [0.4, 0.5) is 0 Å². The van der Waals surface area contributed by atoms with Crippen molar-refractivity contribution in [3.63, 3.8) is 0 Å². The van der Waals surface area contributed by atoms with Gasteiger partial charge >= 0.3 is 0 Å². The molecule has 1 aromatic rings. The molecule has 3 nitrogen and oxygen atoms in total. The number of epoxide rings is 1. The molecule has 1 saturated heterocycles. The van der Waals surface area contributed by atoms with E-state index in [-0.39, 0.29) is 6.10 Å². The van der Waals surface area contributed by atoms with Crippen LogP contribution in [-0.4, -0.2) is 25.0 Å². The summed E-state index contributed by atoms with van der Waals surface area (Å²) in [5.41, 5.74) is 3.76. The summed E-state index contributed by atoms with van der Waals surface area (Å²) in [5, 5.41) is 4.30. The molecule has 1 aliphatic carbocycles. The molecule has 1 aliphatic heterocycles. The van der Waals surface area contributed by atoms with Gasteiger partial charge in [0, 0.05) is 5.56 Å². The normalized spacial score (nSPS) is 25.2. The Hall–Kier alpha value is -1.35. The largest absolute Gasteiger partial charge is 0.393 e. The number of hydrogen-bond donors (Lipinski definition) is 0. The molecule has 0 amide bonds. The molecule has 1 fully saturated rings. The number of ether oxygens (including phenoxy) is 1. The van der Waals surface area contributed by atoms with Crippen molar-refractivity contribution in [2.24, 2.45) is 5.16 Å². The van der Waals surface area contributed by atoms with Gasteiger partial charge in [-0.15, -0.1) is 0 Å². The number of hydrogen-bond acceptors (Lipinski definition) is 3. The predicted molar refractivity (Wildman–Crippen MR) is 66.2 cm³/mol. The van der Waals surface area contributed by atoms with Gasteiger partial charge in [-0.1, -0.05) is 29.4 Å². The van der Waals surface area contributed by atoms with Gasteiger partial charge in [0.1, 0.15) is 12.7 Å². The molecule has 1 unspecified atom stereocenters. The second-order valence-electron chi connectivity index (χ2n) is 4.65. The van der Waals surface area contributed by atoms with Crippen molar-refractivity contribution < 1.29 is 9.57 Å². The van der Waals surface area contributed by atoms with Crippen molar-refractivity contribution in [2.75, 3.05) is 13.2 Å². The lowest BCUT2D eigenvalue weighted by atomic mass is 10.0. The van der Waals surface area contributed by atoms with Gasteiger partial charge < -0.3 is 9.57 Å². The third kappa shape index (κ3) is 2.67. The molecule has 90 valence electrons. The van der Waals surface area contributed by atoms with Crippen LogP contribution in [0, 0.1) is 0 Å². The Morgan fingerprint density at radius 3 is 2.94 bits per heavy atom. The minimum Gasteiger partial charge on any atom is -0.393 e. The van der Waals surface area contributed by atoms with E-state index in [4.69, 9.17) is 9.57 Å². The molecule has 1 heterocycles. The van der Waals surface area contributed by atoms with Gasteiger partial charge in [0.05, 0.1) is 12.3 Å². The summed E-state index contributed by atoms with van der Waals surface area (Å²) in [6, 6.07) is 8.51. The van der Waals surface area contributed by atoms with Gasteiger partial charge in [0.15, 0.2) is 0 Å². The lowest BCUT2D eigenvalue weighted by Crippen LogP contribution is -2.05. The third-order valence-electron chi connectivity index (χ3n) is 3.28. The van der Waals surface area contributed by atoms with Crippen molar-refractivity contribution in [3.8, 4) is 0 Å². The van der Waals surface area contributed by atoms with Crippen LogP contribution in [0.3, 0.4) is 0 Å². The maximum atomic E-state index is 5.37. The van der Waals surface area contributed by atoms with Crippen molar-refractivity contribution in [1.29, 1.82) is 0 Å². The molecule has 0 bridgehead atoms. The van der Waals surface area contributed by atoms with E-state index >= 15 is 0 Å². The molecule has 0 aromatic heterocycles. The predicted octanol–water partition coefficient (Wildman–Crippen LogP) is 2.53. The first-order valence-corrected chi connectivity index (χ1v) is 6.32. The molecule has 0 saturated carbocycles. The zero-order chi connectivity index (χ0) is 11.5. The quantitative estimate of drug-likeness (QED) is 0.455. The zero-order valence-electron chi connectivity index (χ0n) is 9.89. The van der Waals surface area contributed by atoms with Crippen LogP contribution in [-0.2, 0) is 16.0 Å². The molecule has 0 spiro atoms. The highest BCUT2D eigenvalue weighted by molar-refractivity contribution is 6.01. The Bertz CT molecular complexity index is 424. The van der Waals surface area contributed by atoms with E-state index in [1.54, 1.807) is 0 Å². The average Bonchev–Trinajstić information content (AvgIpc) is 3.17. The lowest BCUT2D eigenvalue weighted by Gasteiger charge is -2.07. The Kier molecular flexibility index (Phi) is 3.10. The fourth-order valence-corrected chi connectivity index (χ4v) is 2.22. The highest BCUT2D eigenvalue weighted by Gasteiger charge is 2.23. The summed E-state index contributed by atoms with van der Waals surface area (Å²) in [4.78, 5) is 5.37. The Morgan fingerprint density at radius 1 is 1.24 bits per heavy atom. The second kappa shape index (κ2) is 4.88. The molecular weight excluding hydrogens is 214 g/mol. The highest BCUT2D eigenvalue weighted by atomic mass is 16.7.